The van der Waals surface area contributed by atoms with Crippen LogP contribution in [0.5, 0.6) is 0 Å². The summed E-state index contributed by atoms with van der Waals surface area (Å²) in [6, 6.07) is 0. The minimum atomic E-state index is -0.287. The number of aliphatic hydroxyl groups excluding tert-OH is 3. The molecule has 4 fully saturated rings. The molecule has 0 aliphatic heterocycles. The van der Waals surface area contributed by atoms with Crippen LogP contribution < -0.4 is 0 Å². The van der Waals surface area contributed by atoms with Crippen molar-refractivity contribution in [2.24, 2.45) is 23.7 Å². The quantitative estimate of drug-likeness (QED) is 0.588. The highest BCUT2D eigenvalue weighted by molar-refractivity contribution is 5.86. The van der Waals surface area contributed by atoms with Crippen LogP contribution in [0.15, 0.2) is 0 Å². The van der Waals surface area contributed by atoms with E-state index in [0.29, 0.717) is 17.6 Å². The molecule has 0 saturated heterocycles. The Balaban J connectivity index is 0.000000212. The molecule has 4 aliphatic rings. The first-order chi connectivity index (χ1) is 7.67. The lowest BCUT2D eigenvalue weighted by atomic mass is 9.54. The van der Waals surface area contributed by atoms with E-state index in [0.717, 1.165) is 25.2 Å². The molecule has 0 heterocycles. The van der Waals surface area contributed by atoms with Gasteiger partial charge in [0.05, 0.1) is 19.3 Å². The summed E-state index contributed by atoms with van der Waals surface area (Å²) in [6.45, 7) is -0.250. The molecule has 0 amide bonds. The van der Waals surface area contributed by atoms with Gasteiger partial charge in [-0.15, -0.1) is 0 Å². The Labute approximate surface area is 95.3 Å². The van der Waals surface area contributed by atoms with Gasteiger partial charge in [0.2, 0.25) is 0 Å². The Kier molecular flexibility index (Phi) is 3.62. The highest BCUT2D eigenvalue weighted by Crippen LogP contribution is 2.51. The lowest BCUT2D eigenvalue weighted by Crippen LogP contribution is -2.53. The smallest absolute Gasteiger partial charge is 0.141 e. The molecule has 0 aromatic rings. The normalized spacial score (nSPS) is 44.2. The minimum Gasteiger partial charge on any atom is -0.394 e. The van der Waals surface area contributed by atoms with Crippen molar-refractivity contribution in [2.75, 3.05) is 13.2 Å². The van der Waals surface area contributed by atoms with E-state index in [9.17, 15) is 9.90 Å². The number of carbonyl (C=O) groups excluding carboxylic acids is 1. The summed E-state index contributed by atoms with van der Waals surface area (Å²) >= 11 is 0. The number of hydrogen-bond acceptors (Lipinski definition) is 4. The molecule has 16 heavy (non-hydrogen) atoms. The third kappa shape index (κ3) is 2.01. The van der Waals surface area contributed by atoms with E-state index in [1.807, 2.05) is 0 Å². The number of carbonyl (C=O) groups is 1. The number of aliphatic hydroxyl groups is 3. The fourth-order valence-corrected chi connectivity index (χ4v) is 3.60. The Hall–Kier alpha value is -0.450. The topological polar surface area (TPSA) is 77.8 Å². The third-order valence-electron chi connectivity index (χ3n) is 4.19. The largest absolute Gasteiger partial charge is 0.394 e. The first-order valence-electron chi connectivity index (χ1n) is 6.10. The van der Waals surface area contributed by atoms with Crippen LogP contribution >= 0.6 is 0 Å². The highest BCUT2D eigenvalue weighted by Gasteiger charge is 2.52. The van der Waals surface area contributed by atoms with Crippen molar-refractivity contribution in [1.82, 2.24) is 0 Å². The maximum atomic E-state index is 11.6. The van der Waals surface area contributed by atoms with Gasteiger partial charge in [0.15, 0.2) is 0 Å². The Bertz CT molecular complexity index is 264. The van der Waals surface area contributed by atoms with Crippen molar-refractivity contribution < 1.29 is 20.1 Å². The van der Waals surface area contributed by atoms with Gasteiger partial charge in [-0.05, 0) is 37.5 Å². The van der Waals surface area contributed by atoms with Crippen molar-refractivity contribution in [1.29, 1.82) is 0 Å². The minimum absolute atomic E-state index is 0.0289. The summed E-state index contributed by atoms with van der Waals surface area (Å²) in [6.07, 6.45) is 3.98. The molecule has 4 aliphatic carbocycles. The van der Waals surface area contributed by atoms with Crippen molar-refractivity contribution in [3.63, 3.8) is 0 Å². The summed E-state index contributed by atoms with van der Waals surface area (Å²) in [7, 11) is 0. The van der Waals surface area contributed by atoms with Gasteiger partial charge in [0, 0.05) is 11.8 Å². The van der Waals surface area contributed by atoms with Gasteiger partial charge in [-0.1, -0.05) is 0 Å². The standard InChI is InChI=1S/C10H14O2.C2H6O2/c11-9-6-1-5-2-7(4-6)10(12)8(9)3-5;3-1-2-4/h5-9,11H,1-4H2;3-4H,1-2H2. The van der Waals surface area contributed by atoms with Crippen molar-refractivity contribution in [3.8, 4) is 0 Å². The molecule has 4 bridgehead atoms. The second-order valence-electron chi connectivity index (χ2n) is 5.21. The molecular weight excluding hydrogens is 208 g/mol. The van der Waals surface area contributed by atoms with Gasteiger partial charge in [-0.2, -0.15) is 0 Å². The second-order valence-corrected chi connectivity index (χ2v) is 5.21. The molecule has 5 unspecified atom stereocenters. The summed E-state index contributed by atoms with van der Waals surface area (Å²) in [4.78, 5) is 11.6. The third-order valence-corrected chi connectivity index (χ3v) is 4.19. The lowest BCUT2D eigenvalue weighted by molar-refractivity contribution is -0.154. The van der Waals surface area contributed by atoms with E-state index in [2.05, 4.69) is 0 Å². The zero-order valence-corrected chi connectivity index (χ0v) is 9.38. The van der Waals surface area contributed by atoms with Crippen LogP contribution in [0.1, 0.15) is 25.7 Å². The first-order valence-corrected chi connectivity index (χ1v) is 6.10. The number of Topliss-reactive ketones (excluding diaryl/α,β-unsaturated/α-hetero) is 1. The molecular formula is C12H20O4. The Morgan fingerprint density at radius 1 is 1.06 bits per heavy atom. The first kappa shape index (κ1) is 12.0. The van der Waals surface area contributed by atoms with Crippen LogP contribution in [-0.2, 0) is 4.79 Å². The van der Waals surface area contributed by atoms with Gasteiger partial charge >= 0.3 is 0 Å². The predicted molar refractivity (Wildman–Crippen MR) is 57.6 cm³/mol. The number of rotatable bonds is 1. The molecule has 4 rings (SSSR count). The molecule has 0 aromatic heterocycles. The molecule has 0 spiro atoms. The molecule has 4 heteroatoms. The molecule has 4 saturated carbocycles. The maximum absolute atomic E-state index is 11.6. The Morgan fingerprint density at radius 2 is 1.75 bits per heavy atom. The monoisotopic (exact) mass is 228 g/mol. The van der Waals surface area contributed by atoms with Crippen LogP contribution in [0.3, 0.4) is 0 Å². The average Bonchev–Trinajstić information content (AvgIpc) is 2.31. The molecule has 0 aromatic carbocycles. The summed E-state index contributed by atoms with van der Waals surface area (Å²) in [5, 5.41) is 25.0. The van der Waals surface area contributed by atoms with Crippen LogP contribution in [0.2, 0.25) is 0 Å². The summed E-state index contributed by atoms with van der Waals surface area (Å²) < 4.78 is 0. The van der Waals surface area contributed by atoms with E-state index < -0.39 is 0 Å². The van der Waals surface area contributed by atoms with E-state index in [1.54, 1.807) is 0 Å². The Morgan fingerprint density at radius 3 is 2.38 bits per heavy atom. The summed E-state index contributed by atoms with van der Waals surface area (Å²) in [5.41, 5.74) is 0. The zero-order chi connectivity index (χ0) is 11.7. The number of ketones is 1. The maximum Gasteiger partial charge on any atom is 0.141 e. The van der Waals surface area contributed by atoms with E-state index in [-0.39, 0.29) is 25.2 Å². The highest BCUT2D eigenvalue weighted by atomic mass is 16.3. The van der Waals surface area contributed by atoms with Crippen molar-refractivity contribution in [2.45, 2.75) is 31.8 Å². The molecule has 3 N–H and O–H groups in total. The van der Waals surface area contributed by atoms with E-state index in [1.165, 1.54) is 6.42 Å². The molecule has 4 nitrogen and oxygen atoms in total. The fraction of sp³-hybridized carbons (Fsp3) is 0.917. The van der Waals surface area contributed by atoms with Gasteiger partial charge in [-0.25, -0.2) is 0 Å². The van der Waals surface area contributed by atoms with Crippen molar-refractivity contribution >= 4 is 5.78 Å². The van der Waals surface area contributed by atoms with E-state index in [4.69, 9.17) is 10.2 Å². The van der Waals surface area contributed by atoms with Crippen LogP contribution in [0, 0.1) is 23.7 Å². The van der Waals surface area contributed by atoms with Crippen LogP contribution in [0.4, 0.5) is 0 Å². The zero-order valence-electron chi connectivity index (χ0n) is 9.38. The van der Waals surface area contributed by atoms with Crippen LogP contribution in [0.25, 0.3) is 0 Å². The summed E-state index contributed by atoms with van der Waals surface area (Å²) in [5.74, 6) is 1.96. The molecule has 92 valence electrons. The van der Waals surface area contributed by atoms with Crippen LogP contribution in [-0.4, -0.2) is 40.4 Å². The lowest BCUT2D eigenvalue weighted by Gasteiger charge is -2.51. The molecule has 0 radical (unpaired) electrons. The van der Waals surface area contributed by atoms with E-state index >= 15 is 0 Å². The van der Waals surface area contributed by atoms with Gasteiger partial charge < -0.3 is 15.3 Å². The van der Waals surface area contributed by atoms with Gasteiger partial charge in [0.1, 0.15) is 5.78 Å². The average molecular weight is 228 g/mol. The van der Waals surface area contributed by atoms with Gasteiger partial charge in [-0.3, -0.25) is 4.79 Å². The SMILES string of the molecule is O=C1C2CC3CC(C2)C(O)C1C3.OCCO. The molecule has 5 atom stereocenters. The van der Waals surface area contributed by atoms with Crippen molar-refractivity contribution in [3.05, 3.63) is 0 Å². The second kappa shape index (κ2) is 4.82. The number of hydrogen-bond donors (Lipinski definition) is 3. The fourth-order valence-electron chi connectivity index (χ4n) is 3.60. The van der Waals surface area contributed by atoms with Gasteiger partial charge in [0.25, 0.3) is 0 Å². The predicted octanol–water partition coefficient (Wildman–Crippen LogP) is -0.0466.